The lowest BCUT2D eigenvalue weighted by Gasteiger charge is -2.34. The molecule has 2 aliphatic rings. The van der Waals surface area contributed by atoms with E-state index in [4.69, 9.17) is 0 Å². The number of likely N-dealkylation sites (tertiary alicyclic amines) is 1. The van der Waals surface area contributed by atoms with Gasteiger partial charge < -0.3 is 15.2 Å². The fraction of sp³-hybridized carbons (Fsp3) is 0.500. The normalized spacial score (nSPS) is 18.8. The van der Waals surface area contributed by atoms with Crippen LogP contribution in [-0.4, -0.2) is 57.0 Å². The first kappa shape index (κ1) is 16.7. The second-order valence-corrected chi connectivity index (χ2v) is 7.12. The number of aldehydes is 1. The summed E-state index contributed by atoms with van der Waals surface area (Å²) in [5.74, 6) is 1.31. The molecule has 0 aromatic carbocycles. The molecule has 0 unspecified atom stereocenters. The Morgan fingerprint density at radius 1 is 1.31 bits per heavy atom. The smallest absolute Gasteiger partial charge is 0.222 e. The molecule has 4 rings (SSSR count). The zero-order valence-electron chi connectivity index (χ0n) is 14.4. The number of piperidine rings is 1. The van der Waals surface area contributed by atoms with Crippen molar-refractivity contribution < 1.29 is 14.4 Å². The van der Waals surface area contributed by atoms with Crippen LogP contribution in [0.5, 0.6) is 0 Å². The fourth-order valence-corrected chi connectivity index (χ4v) is 3.76. The molecule has 0 radical (unpaired) electrons. The maximum Gasteiger partial charge on any atom is 0.222 e. The number of hydrogen-bond acceptors (Lipinski definition) is 6. The Morgan fingerprint density at radius 3 is 2.77 bits per heavy atom. The van der Waals surface area contributed by atoms with Gasteiger partial charge in [-0.2, -0.15) is 0 Å². The second kappa shape index (κ2) is 6.86. The zero-order valence-corrected chi connectivity index (χ0v) is 14.4. The van der Waals surface area contributed by atoms with Crippen molar-refractivity contribution in [2.45, 2.75) is 38.1 Å². The first-order valence-corrected chi connectivity index (χ1v) is 8.97. The van der Waals surface area contributed by atoms with E-state index in [2.05, 4.69) is 20.3 Å². The van der Waals surface area contributed by atoms with Crippen molar-refractivity contribution in [3.05, 3.63) is 18.1 Å². The summed E-state index contributed by atoms with van der Waals surface area (Å²) in [6.45, 7) is 1.39. The third kappa shape index (κ3) is 3.18. The highest BCUT2D eigenvalue weighted by molar-refractivity contribution is 6.01. The van der Waals surface area contributed by atoms with Gasteiger partial charge in [-0.05, 0) is 18.8 Å². The number of rotatable bonds is 5. The lowest BCUT2D eigenvalue weighted by Crippen LogP contribution is -2.43. The Hall–Kier alpha value is -2.77. The molecule has 1 amide bonds. The summed E-state index contributed by atoms with van der Waals surface area (Å²) in [5, 5.41) is 4.10. The quantitative estimate of drug-likeness (QED) is 0.788. The number of Topliss-reactive ketones (excluding diaryl/α,β-unsaturated/α-hetero) is 1. The molecule has 0 spiro atoms. The number of ketones is 1. The van der Waals surface area contributed by atoms with Crippen molar-refractivity contribution in [1.29, 1.82) is 0 Å². The molecule has 2 aromatic rings. The van der Waals surface area contributed by atoms with E-state index in [1.54, 1.807) is 6.20 Å². The summed E-state index contributed by atoms with van der Waals surface area (Å²) in [4.78, 5) is 47.9. The number of amides is 1. The summed E-state index contributed by atoms with van der Waals surface area (Å²) in [6.07, 6.45) is 7.14. The van der Waals surface area contributed by atoms with E-state index in [9.17, 15) is 14.4 Å². The Balaban J connectivity index is 1.35. The predicted molar refractivity (Wildman–Crippen MR) is 94.8 cm³/mol. The number of anilines is 1. The average Bonchev–Trinajstić information content (AvgIpc) is 3.05. The third-order valence-corrected chi connectivity index (χ3v) is 5.31. The Morgan fingerprint density at radius 2 is 2.08 bits per heavy atom. The lowest BCUT2D eigenvalue weighted by atomic mass is 9.81. The van der Waals surface area contributed by atoms with Crippen LogP contribution < -0.4 is 5.32 Å². The number of nitrogens with zero attached hydrogens (tertiary/aromatic N) is 3. The van der Waals surface area contributed by atoms with Gasteiger partial charge in [0.2, 0.25) is 5.91 Å². The van der Waals surface area contributed by atoms with Gasteiger partial charge in [0.1, 0.15) is 23.6 Å². The molecule has 2 fully saturated rings. The largest absolute Gasteiger partial charge is 0.367 e. The van der Waals surface area contributed by atoms with Crippen LogP contribution >= 0.6 is 0 Å². The molecule has 136 valence electrons. The first-order valence-electron chi connectivity index (χ1n) is 8.97. The third-order valence-electron chi connectivity index (χ3n) is 5.31. The molecule has 1 saturated heterocycles. The maximum absolute atomic E-state index is 12.3. The molecule has 8 nitrogen and oxygen atoms in total. The molecule has 1 saturated carbocycles. The molecule has 8 heteroatoms. The van der Waals surface area contributed by atoms with E-state index in [1.165, 1.54) is 6.33 Å². The SMILES string of the molecule is O=Cc1c[nH]c2ncnc(NC3CCN(C(=O)CC4CC(=O)C4)CC3)c12. The topological polar surface area (TPSA) is 108 Å². The van der Waals surface area contributed by atoms with Crippen LogP contribution in [0.1, 0.15) is 42.5 Å². The standard InChI is InChI=1S/C18H21N5O3/c24-9-12-8-19-17-16(12)18(21-10-20-17)22-13-1-3-23(4-2-13)15(26)7-11-5-14(25)6-11/h8-11,13H,1-7H2,(H2,19,20,21,22). The molecule has 0 bridgehead atoms. The monoisotopic (exact) mass is 355 g/mol. The van der Waals surface area contributed by atoms with Crippen molar-refractivity contribution in [3.63, 3.8) is 0 Å². The number of fused-ring (bicyclic) bond motifs is 1. The van der Waals surface area contributed by atoms with Crippen molar-refractivity contribution in [3.8, 4) is 0 Å². The molecule has 2 aromatic heterocycles. The van der Waals surface area contributed by atoms with Gasteiger partial charge in [-0.3, -0.25) is 14.4 Å². The van der Waals surface area contributed by atoms with E-state index in [0.717, 1.165) is 19.1 Å². The molecular weight excluding hydrogens is 334 g/mol. The van der Waals surface area contributed by atoms with Crippen molar-refractivity contribution in [2.75, 3.05) is 18.4 Å². The highest BCUT2D eigenvalue weighted by Gasteiger charge is 2.31. The van der Waals surface area contributed by atoms with Gasteiger partial charge in [-0.15, -0.1) is 0 Å². The molecule has 1 aliphatic carbocycles. The summed E-state index contributed by atoms with van der Waals surface area (Å²) < 4.78 is 0. The van der Waals surface area contributed by atoms with Crippen molar-refractivity contribution in [2.24, 2.45) is 5.92 Å². The zero-order chi connectivity index (χ0) is 18.1. The predicted octanol–water partition coefficient (Wildman–Crippen LogP) is 1.54. The Kier molecular flexibility index (Phi) is 4.40. The van der Waals surface area contributed by atoms with Gasteiger partial charge in [-0.1, -0.05) is 0 Å². The van der Waals surface area contributed by atoms with Gasteiger partial charge in [0.05, 0.1) is 5.39 Å². The fourth-order valence-electron chi connectivity index (χ4n) is 3.76. The number of aromatic nitrogens is 3. The van der Waals surface area contributed by atoms with Gasteiger partial charge in [0.15, 0.2) is 6.29 Å². The highest BCUT2D eigenvalue weighted by atomic mass is 16.2. The molecule has 3 heterocycles. The number of carbonyl (C=O) groups is 3. The van der Waals surface area contributed by atoms with Gasteiger partial charge >= 0.3 is 0 Å². The molecule has 1 aliphatic heterocycles. The number of H-pyrrole nitrogens is 1. The average molecular weight is 355 g/mol. The number of carbonyl (C=O) groups excluding carboxylic acids is 3. The van der Waals surface area contributed by atoms with Crippen LogP contribution in [0, 0.1) is 5.92 Å². The minimum absolute atomic E-state index is 0.152. The van der Waals surface area contributed by atoms with Crippen LogP contribution in [0.15, 0.2) is 12.5 Å². The van der Waals surface area contributed by atoms with Gasteiger partial charge in [-0.25, -0.2) is 9.97 Å². The molecule has 0 atom stereocenters. The summed E-state index contributed by atoms with van der Waals surface area (Å²) in [5.41, 5.74) is 1.16. The van der Waals surface area contributed by atoms with Crippen molar-refractivity contribution >= 4 is 34.8 Å². The number of aromatic amines is 1. The van der Waals surface area contributed by atoms with E-state index in [0.29, 0.717) is 54.8 Å². The number of hydrogen-bond donors (Lipinski definition) is 2. The Bertz CT molecular complexity index is 846. The van der Waals surface area contributed by atoms with Gasteiger partial charge in [0, 0.05) is 50.2 Å². The summed E-state index contributed by atoms with van der Waals surface area (Å²) >= 11 is 0. The minimum Gasteiger partial charge on any atom is -0.367 e. The van der Waals surface area contributed by atoms with E-state index in [1.807, 2.05) is 4.90 Å². The van der Waals surface area contributed by atoms with Crippen molar-refractivity contribution in [1.82, 2.24) is 19.9 Å². The van der Waals surface area contributed by atoms with Crippen LogP contribution in [0.2, 0.25) is 0 Å². The van der Waals surface area contributed by atoms with E-state index >= 15 is 0 Å². The Labute approximate surface area is 150 Å². The lowest BCUT2D eigenvalue weighted by molar-refractivity contribution is -0.136. The molecule has 26 heavy (non-hydrogen) atoms. The van der Waals surface area contributed by atoms with Crippen LogP contribution in [0.4, 0.5) is 5.82 Å². The minimum atomic E-state index is 0.152. The maximum atomic E-state index is 12.3. The summed E-state index contributed by atoms with van der Waals surface area (Å²) in [6, 6.07) is 0.192. The van der Waals surface area contributed by atoms with Gasteiger partial charge in [0.25, 0.3) is 0 Å². The molecule has 2 N–H and O–H groups in total. The second-order valence-electron chi connectivity index (χ2n) is 7.12. The highest BCUT2D eigenvalue weighted by Crippen LogP contribution is 2.28. The first-order chi connectivity index (χ1) is 12.6. The van der Waals surface area contributed by atoms with E-state index < -0.39 is 0 Å². The summed E-state index contributed by atoms with van der Waals surface area (Å²) in [7, 11) is 0. The van der Waals surface area contributed by atoms with Crippen LogP contribution in [0.3, 0.4) is 0 Å². The van der Waals surface area contributed by atoms with Crippen LogP contribution in [-0.2, 0) is 9.59 Å². The number of nitrogens with one attached hydrogen (secondary N) is 2. The molecular formula is C18H21N5O3. The van der Waals surface area contributed by atoms with E-state index in [-0.39, 0.29) is 23.7 Å². The van der Waals surface area contributed by atoms with Crippen LogP contribution in [0.25, 0.3) is 11.0 Å².